The quantitative estimate of drug-likeness (QED) is 0.402. The Morgan fingerprint density at radius 1 is 1.03 bits per heavy atom. The zero-order valence-electron chi connectivity index (χ0n) is 19.7. The third kappa shape index (κ3) is 8.71. The summed E-state index contributed by atoms with van der Waals surface area (Å²) in [5, 5.41) is 5.03. The topological polar surface area (TPSA) is 114 Å². The van der Waals surface area contributed by atoms with Crippen molar-refractivity contribution >= 4 is 27.7 Å². The van der Waals surface area contributed by atoms with Crippen molar-refractivity contribution in [3.8, 4) is 0 Å². The van der Waals surface area contributed by atoms with Crippen LogP contribution in [0.5, 0.6) is 0 Å². The van der Waals surface area contributed by atoms with Crippen LogP contribution in [0.25, 0.3) is 0 Å². The van der Waals surface area contributed by atoms with E-state index >= 15 is 0 Å². The zero-order valence-corrected chi connectivity index (χ0v) is 20.5. The molecular weight excluding hydrogens is 518 g/mol. The summed E-state index contributed by atoms with van der Waals surface area (Å²) in [7, 11) is -4.78. The predicted octanol–water partition coefficient (Wildman–Crippen LogP) is 4.48. The number of nitrogens with one attached hydrogen (secondary N) is 3. The van der Waals surface area contributed by atoms with Gasteiger partial charge in [-0.25, -0.2) is 22.3 Å². The molecule has 202 valence electrons. The van der Waals surface area contributed by atoms with Crippen molar-refractivity contribution in [1.82, 2.24) is 10.0 Å². The highest BCUT2D eigenvalue weighted by Crippen LogP contribution is 2.28. The van der Waals surface area contributed by atoms with Crippen LogP contribution >= 0.6 is 0 Å². The zero-order chi connectivity index (χ0) is 27.1. The van der Waals surface area contributed by atoms with E-state index in [2.05, 4.69) is 10.6 Å². The second-order valence-corrected chi connectivity index (χ2v) is 10.4. The number of hydrogen-bond donors (Lipinski definition) is 3. The van der Waals surface area contributed by atoms with Crippen molar-refractivity contribution in [3.05, 3.63) is 59.9 Å². The largest absolute Gasteiger partial charge is 0.445 e. The standard InChI is InChI=1S/C24H27F4N3O5S/c25-19-13-18(11-12-20(19)37(34,35)29-15-24(26,27)28)30-22(32)21(17-9-5-2-6-10-17)31-23(33)36-14-16-7-3-1-4-8-16/h1,3-4,7-8,11-13,17,21,29H,2,5-6,9-10,14-15H2,(H,30,32)(H,31,33)/t21-/m0/s1. The molecule has 1 aliphatic rings. The molecule has 1 atom stereocenters. The van der Waals surface area contributed by atoms with E-state index in [9.17, 15) is 35.6 Å². The monoisotopic (exact) mass is 545 g/mol. The fourth-order valence-corrected chi connectivity index (χ4v) is 5.10. The van der Waals surface area contributed by atoms with Gasteiger partial charge < -0.3 is 15.4 Å². The van der Waals surface area contributed by atoms with Gasteiger partial charge in [-0.1, -0.05) is 49.6 Å². The molecule has 3 N–H and O–H groups in total. The van der Waals surface area contributed by atoms with E-state index in [0.29, 0.717) is 18.9 Å². The Morgan fingerprint density at radius 3 is 2.32 bits per heavy atom. The van der Waals surface area contributed by atoms with Crippen molar-refractivity contribution in [2.45, 2.75) is 55.8 Å². The number of carbonyl (C=O) groups is 2. The van der Waals surface area contributed by atoms with Crippen LogP contribution in [-0.2, 0) is 26.2 Å². The first-order valence-corrected chi connectivity index (χ1v) is 13.1. The number of anilines is 1. The highest BCUT2D eigenvalue weighted by atomic mass is 32.2. The molecule has 0 heterocycles. The first-order chi connectivity index (χ1) is 17.4. The number of amides is 2. The Bertz CT molecular complexity index is 1190. The molecule has 0 aliphatic heterocycles. The van der Waals surface area contributed by atoms with Crippen LogP contribution in [0.2, 0.25) is 0 Å². The number of sulfonamides is 1. The lowest BCUT2D eigenvalue weighted by atomic mass is 9.83. The lowest BCUT2D eigenvalue weighted by Crippen LogP contribution is -2.49. The van der Waals surface area contributed by atoms with Crippen molar-refractivity contribution in [2.75, 3.05) is 11.9 Å². The van der Waals surface area contributed by atoms with Crippen molar-refractivity contribution < 1.29 is 40.3 Å². The number of benzene rings is 2. The maximum Gasteiger partial charge on any atom is 0.408 e. The highest BCUT2D eigenvalue weighted by molar-refractivity contribution is 7.89. The molecule has 0 unspecified atom stereocenters. The maximum atomic E-state index is 14.5. The minimum absolute atomic E-state index is 0.00476. The van der Waals surface area contributed by atoms with E-state index in [0.717, 1.165) is 37.0 Å². The highest BCUT2D eigenvalue weighted by Gasteiger charge is 2.33. The third-order valence-electron chi connectivity index (χ3n) is 5.84. The predicted molar refractivity (Wildman–Crippen MR) is 126 cm³/mol. The van der Waals surface area contributed by atoms with E-state index in [1.54, 1.807) is 24.3 Å². The van der Waals surface area contributed by atoms with Crippen LogP contribution in [0.4, 0.5) is 28.0 Å². The molecule has 1 saturated carbocycles. The van der Waals surface area contributed by atoms with Crippen LogP contribution in [-0.4, -0.2) is 39.2 Å². The fraction of sp³-hybridized carbons (Fsp3) is 0.417. The molecule has 1 fully saturated rings. The summed E-state index contributed by atoms with van der Waals surface area (Å²) in [5.41, 5.74) is 0.629. The number of carbonyl (C=O) groups excluding carboxylic acids is 2. The molecular formula is C24H27F4N3O5S. The molecule has 37 heavy (non-hydrogen) atoms. The van der Waals surface area contributed by atoms with Gasteiger partial charge in [-0.2, -0.15) is 13.2 Å². The van der Waals surface area contributed by atoms with Gasteiger partial charge in [0.2, 0.25) is 15.9 Å². The van der Waals surface area contributed by atoms with Crippen molar-refractivity contribution in [2.24, 2.45) is 5.92 Å². The van der Waals surface area contributed by atoms with Gasteiger partial charge in [-0.15, -0.1) is 0 Å². The average molecular weight is 546 g/mol. The molecule has 13 heteroatoms. The van der Waals surface area contributed by atoms with Crippen LogP contribution in [0.15, 0.2) is 53.4 Å². The first-order valence-electron chi connectivity index (χ1n) is 11.6. The van der Waals surface area contributed by atoms with Gasteiger partial charge >= 0.3 is 12.3 Å². The Labute approximate surface area is 211 Å². The normalized spacial score (nSPS) is 15.6. The van der Waals surface area contributed by atoms with Crippen LogP contribution < -0.4 is 15.4 Å². The molecule has 0 saturated heterocycles. The summed E-state index contributed by atoms with van der Waals surface area (Å²) < 4.78 is 82.1. The average Bonchev–Trinajstić information content (AvgIpc) is 2.85. The fourth-order valence-electron chi connectivity index (χ4n) is 4.03. The van der Waals surface area contributed by atoms with E-state index < -0.39 is 51.5 Å². The molecule has 1 aliphatic carbocycles. The van der Waals surface area contributed by atoms with Crippen LogP contribution in [0.1, 0.15) is 37.7 Å². The SMILES string of the molecule is O=C(N[C@H](C(=O)Nc1ccc(S(=O)(=O)NCC(F)(F)F)c(F)c1)C1CCCCC1)OCc1ccccc1. The summed E-state index contributed by atoms with van der Waals surface area (Å²) in [4.78, 5) is 24.5. The van der Waals surface area contributed by atoms with Gasteiger partial charge in [-0.3, -0.25) is 4.79 Å². The van der Waals surface area contributed by atoms with Crippen LogP contribution in [0.3, 0.4) is 0 Å². The molecule has 2 aromatic carbocycles. The Morgan fingerprint density at radius 2 is 1.70 bits per heavy atom. The van der Waals surface area contributed by atoms with Gasteiger partial charge in [0.05, 0.1) is 0 Å². The van der Waals surface area contributed by atoms with Gasteiger partial charge in [0.15, 0.2) is 0 Å². The summed E-state index contributed by atoms with van der Waals surface area (Å²) in [6, 6.07) is 10.4. The smallest absolute Gasteiger partial charge is 0.408 e. The molecule has 2 amide bonds. The second kappa shape index (κ2) is 12.4. The lowest BCUT2D eigenvalue weighted by Gasteiger charge is -2.29. The number of halogens is 4. The molecule has 2 aromatic rings. The summed E-state index contributed by atoms with van der Waals surface area (Å²) in [5.74, 6) is -2.21. The summed E-state index contributed by atoms with van der Waals surface area (Å²) in [6.45, 7) is -1.86. The van der Waals surface area contributed by atoms with Crippen LogP contribution in [0, 0.1) is 11.7 Å². The number of ether oxygens (including phenoxy) is 1. The summed E-state index contributed by atoms with van der Waals surface area (Å²) in [6.07, 6.45) is -1.56. The van der Waals surface area contributed by atoms with Gasteiger partial charge in [-0.05, 0) is 42.5 Å². The number of hydrogen-bond acceptors (Lipinski definition) is 5. The van der Waals surface area contributed by atoms with E-state index in [-0.39, 0.29) is 18.2 Å². The molecule has 8 nitrogen and oxygen atoms in total. The molecule has 0 spiro atoms. The van der Waals surface area contributed by atoms with E-state index in [4.69, 9.17) is 4.74 Å². The molecule has 3 rings (SSSR count). The second-order valence-electron chi connectivity index (χ2n) is 8.66. The number of alkyl carbamates (subject to hydrolysis) is 1. The van der Waals surface area contributed by atoms with Crippen molar-refractivity contribution in [1.29, 1.82) is 0 Å². The van der Waals surface area contributed by atoms with Gasteiger partial charge in [0, 0.05) is 5.69 Å². The Balaban J connectivity index is 1.69. The first kappa shape index (κ1) is 28.4. The molecule has 0 bridgehead atoms. The van der Waals surface area contributed by atoms with Crippen molar-refractivity contribution in [3.63, 3.8) is 0 Å². The Hall–Kier alpha value is -3.19. The summed E-state index contributed by atoms with van der Waals surface area (Å²) >= 11 is 0. The number of alkyl halides is 3. The van der Waals surface area contributed by atoms with Gasteiger partial charge in [0.25, 0.3) is 0 Å². The minimum atomic E-state index is -4.82. The van der Waals surface area contributed by atoms with E-state index in [1.165, 1.54) is 4.72 Å². The Kier molecular flexibility index (Phi) is 9.49. The lowest BCUT2D eigenvalue weighted by molar-refractivity contribution is -0.121. The molecule has 0 aromatic heterocycles. The molecule has 0 radical (unpaired) electrons. The third-order valence-corrected chi connectivity index (χ3v) is 7.28. The van der Waals surface area contributed by atoms with E-state index in [1.807, 2.05) is 6.07 Å². The van der Waals surface area contributed by atoms with Gasteiger partial charge in [0.1, 0.15) is 29.9 Å². The minimum Gasteiger partial charge on any atom is -0.445 e. The maximum absolute atomic E-state index is 14.5. The number of rotatable bonds is 9.